The topological polar surface area (TPSA) is 30.5 Å². The quantitative estimate of drug-likeness (QED) is 0.183. The van der Waals surface area contributed by atoms with Crippen molar-refractivity contribution in [3.8, 4) is 39.4 Å². The van der Waals surface area contributed by atoms with Crippen molar-refractivity contribution in [2.45, 2.75) is 0 Å². The van der Waals surface area contributed by atoms with E-state index in [1.807, 2.05) is 24.3 Å². The van der Waals surface area contributed by atoms with Crippen LogP contribution in [0.1, 0.15) is 0 Å². The summed E-state index contributed by atoms with van der Waals surface area (Å²) in [6.07, 6.45) is 0. The maximum Gasteiger partial charge on any atom is 0.152 e. The van der Waals surface area contributed by atoms with E-state index in [1.54, 1.807) is 0 Å². The standard InChI is InChI=1S/C48H30N2O2/c1-2-10-31(11-3-1)32-20-25-35(26-21-32)49(41-15-9-18-45-47(41)39-12-4-6-16-43(39)51-45)36-27-22-33(23-28-36)34-24-29-37-38-13-8-19-46-48(38)50(42(37)30-34)40-14-5-7-17-44(40)52-46/h1-30H. The summed E-state index contributed by atoms with van der Waals surface area (Å²) in [5, 5.41) is 4.60. The third-order valence-corrected chi connectivity index (χ3v) is 10.4. The smallest absolute Gasteiger partial charge is 0.152 e. The second-order valence-electron chi connectivity index (χ2n) is 13.3. The fourth-order valence-corrected chi connectivity index (χ4v) is 8.00. The van der Waals surface area contributed by atoms with Crippen molar-refractivity contribution in [3.63, 3.8) is 0 Å². The van der Waals surface area contributed by atoms with Crippen LogP contribution >= 0.6 is 0 Å². The number of benzene rings is 8. The zero-order valence-electron chi connectivity index (χ0n) is 28.0. The van der Waals surface area contributed by atoms with Crippen LogP contribution in [0.15, 0.2) is 186 Å². The average molecular weight is 667 g/mol. The number of furan rings is 1. The highest BCUT2D eigenvalue weighted by Crippen LogP contribution is 2.47. The van der Waals surface area contributed by atoms with Crippen molar-refractivity contribution in [1.82, 2.24) is 4.57 Å². The van der Waals surface area contributed by atoms with Crippen LogP contribution in [0.2, 0.25) is 0 Å². The van der Waals surface area contributed by atoms with E-state index in [1.165, 1.54) is 27.4 Å². The molecule has 0 atom stereocenters. The van der Waals surface area contributed by atoms with Crippen molar-refractivity contribution in [1.29, 1.82) is 0 Å². The molecule has 0 radical (unpaired) electrons. The lowest BCUT2D eigenvalue weighted by molar-refractivity contribution is 0.476. The van der Waals surface area contributed by atoms with E-state index in [-0.39, 0.29) is 0 Å². The normalized spacial score (nSPS) is 12.0. The Morgan fingerprint density at radius 3 is 1.87 bits per heavy atom. The van der Waals surface area contributed by atoms with Gasteiger partial charge >= 0.3 is 0 Å². The van der Waals surface area contributed by atoms with E-state index in [4.69, 9.17) is 9.15 Å². The molecule has 8 aromatic carbocycles. The van der Waals surface area contributed by atoms with Crippen molar-refractivity contribution >= 4 is 60.8 Å². The monoisotopic (exact) mass is 666 g/mol. The van der Waals surface area contributed by atoms with E-state index in [0.29, 0.717) is 0 Å². The molecule has 244 valence electrons. The van der Waals surface area contributed by atoms with Gasteiger partial charge < -0.3 is 18.6 Å². The zero-order chi connectivity index (χ0) is 34.2. The van der Waals surface area contributed by atoms with Crippen LogP contribution in [-0.2, 0) is 0 Å². The predicted molar refractivity (Wildman–Crippen MR) is 214 cm³/mol. The van der Waals surface area contributed by atoms with Gasteiger partial charge in [0.1, 0.15) is 11.2 Å². The van der Waals surface area contributed by atoms with Gasteiger partial charge in [0.05, 0.1) is 27.8 Å². The van der Waals surface area contributed by atoms with Gasteiger partial charge in [-0.3, -0.25) is 0 Å². The van der Waals surface area contributed by atoms with Crippen molar-refractivity contribution in [3.05, 3.63) is 182 Å². The first kappa shape index (κ1) is 28.8. The molecule has 10 aromatic rings. The molecule has 4 nitrogen and oxygen atoms in total. The molecule has 0 fully saturated rings. The minimum Gasteiger partial charge on any atom is -0.456 e. The number of anilines is 3. The summed E-state index contributed by atoms with van der Waals surface area (Å²) in [6.45, 7) is 0. The molecule has 0 aliphatic carbocycles. The number of ether oxygens (including phenoxy) is 1. The van der Waals surface area contributed by atoms with E-state index in [0.717, 1.165) is 72.8 Å². The minimum atomic E-state index is 0.868. The number of hydrogen-bond acceptors (Lipinski definition) is 3. The molecular weight excluding hydrogens is 637 g/mol. The molecule has 0 amide bonds. The van der Waals surface area contributed by atoms with Gasteiger partial charge in [-0.15, -0.1) is 0 Å². The first-order valence-corrected chi connectivity index (χ1v) is 17.6. The average Bonchev–Trinajstić information content (AvgIpc) is 3.76. The number of fused-ring (bicyclic) bond motifs is 8. The largest absolute Gasteiger partial charge is 0.456 e. The lowest BCUT2D eigenvalue weighted by atomic mass is 10.0. The van der Waals surface area contributed by atoms with Crippen LogP contribution in [0.25, 0.3) is 71.7 Å². The summed E-state index contributed by atoms with van der Waals surface area (Å²) in [4.78, 5) is 2.34. The summed E-state index contributed by atoms with van der Waals surface area (Å²) >= 11 is 0. The maximum atomic E-state index is 6.35. The van der Waals surface area contributed by atoms with Crippen LogP contribution in [0, 0.1) is 0 Å². The van der Waals surface area contributed by atoms with Crippen molar-refractivity contribution < 1.29 is 9.15 Å². The first-order chi connectivity index (χ1) is 25.8. The summed E-state index contributed by atoms with van der Waals surface area (Å²) in [7, 11) is 0. The van der Waals surface area contributed by atoms with Crippen LogP contribution in [0.3, 0.4) is 0 Å². The number of para-hydroxylation sites is 4. The van der Waals surface area contributed by atoms with E-state index < -0.39 is 0 Å². The third-order valence-electron chi connectivity index (χ3n) is 10.4. The van der Waals surface area contributed by atoms with Gasteiger partial charge in [-0.1, -0.05) is 115 Å². The first-order valence-electron chi connectivity index (χ1n) is 17.6. The lowest BCUT2D eigenvalue weighted by Crippen LogP contribution is -2.10. The molecule has 3 heterocycles. The second kappa shape index (κ2) is 11.2. The summed E-state index contributed by atoms with van der Waals surface area (Å²) < 4.78 is 15.0. The van der Waals surface area contributed by atoms with Crippen LogP contribution in [0.4, 0.5) is 17.1 Å². The molecule has 11 rings (SSSR count). The molecular formula is C48H30N2O2. The highest BCUT2D eigenvalue weighted by Gasteiger charge is 2.24. The van der Waals surface area contributed by atoms with Crippen molar-refractivity contribution in [2.75, 3.05) is 4.90 Å². The van der Waals surface area contributed by atoms with E-state index in [2.05, 4.69) is 167 Å². The number of rotatable bonds is 5. The van der Waals surface area contributed by atoms with Crippen LogP contribution < -0.4 is 9.64 Å². The molecule has 0 saturated carbocycles. The highest BCUT2D eigenvalue weighted by atomic mass is 16.5. The fraction of sp³-hybridized carbons (Fsp3) is 0. The van der Waals surface area contributed by atoms with Gasteiger partial charge in [0.15, 0.2) is 11.5 Å². The molecule has 0 spiro atoms. The van der Waals surface area contributed by atoms with Crippen LogP contribution in [-0.4, -0.2) is 4.57 Å². The number of aromatic nitrogens is 1. The number of hydrogen-bond donors (Lipinski definition) is 0. The molecule has 0 saturated heterocycles. The number of nitrogens with zero attached hydrogens (tertiary/aromatic N) is 2. The van der Waals surface area contributed by atoms with Crippen LogP contribution in [0.5, 0.6) is 11.5 Å². The van der Waals surface area contributed by atoms with Gasteiger partial charge in [-0.25, -0.2) is 0 Å². The lowest BCUT2D eigenvalue weighted by Gasteiger charge is -2.26. The van der Waals surface area contributed by atoms with Crippen molar-refractivity contribution in [2.24, 2.45) is 0 Å². The Hall–Kier alpha value is -7.04. The molecule has 1 aliphatic heterocycles. The molecule has 2 aromatic heterocycles. The molecule has 0 N–H and O–H groups in total. The third kappa shape index (κ3) is 4.34. The fourth-order valence-electron chi connectivity index (χ4n) is 8.00. The Kier molecular flexibility index (Phi) is 6.22. The Morgan fingerprint density at radius 1 is 0.423 bits per heavy atom. The zero-order valence-corrected chi connectivity index (χ0v) is 28.0. The molecule has 1 aliphatic rings. The predicted octanol–water partition coefficient (Wildman–Crippen LogP) is 13.6. The molecule has 0 bridgehead atoms. The second-order valence-corrected chi connectivity index (χ2v) is 13.3. The SMILES string of the molecule is c1ccc(-c2ccc(N(c3ccc(-c4ccc5c6cccc7c6n(c5c4)-c4ccccc4O7)cc3)c3cccc4oc5ccccc5c34)cc2)cc1. The van der Waals surface area contributed by atoms with Gasteiger partial charge in [-0.05, 0) is 89.0 Å². The molecule has 0 unspecified atom stereocenters. The molecule has 4 heteroatoms. The summed E-state index contributed by atoms with van der Waals surface area (Å²) in [6, 6.07) is 64.3. The van der Waals surface area contributed by atoms with Gasteiger partial charge in [0.2, 0.25) is 0 Å². The van der Waals surface area contributed by atoms with Gasteiger partial charge in [0, 0.05) is 27.5 Å². The van der Waals surface area contributed by atoms with Gasteiger partial charge in [-0.2, -0.15) is 0 Å². The van der Waals surface area contributed by atoms with E-state index >= 15 is 0 Å². The Morgan fingerprint density at radius 2 is 1.04 bits per heavy atom. The Labute approximate surface area is 300 Å². The summed E-state index contributed by atoms with van der Waals surface area (Å²) in [5.74, 6) is 1.75. The molecule has 52 heavy (non-hydrogen) atoms. The Balaban J connectivity index is 1.05. The van der Waals surface area contributed by atoms with Gasteiger partial charge in [0.25, 0.3) is 0 Å². The Bertz CT molecular complexity index is 2970. The van der Waals surface area contributed by atoms with E-state index in [9.17, 15) is 0 Å². The minimum absolute atomic E-state index is 0.868. The summed E-state index contributed by atoms with van der Waals surface area (Å²) in [5.41, 5.74) is 13.0. The maximum absolute atomic E-state index is 6.35. The highest BCUT2D eigenvalue weighted by molar-refractivity contribution is 6.14.